The first-order valence-corrected chi connectivity index (χ1v) is 8.94. The number of hydrogen-bond acceptors (Lipinski definition) is 4. The van der Waals surface area contributed by atoms with Gasteiger partial charge < -0.3 is 9.64 Å². The number of piperazine rings is 1. The quantitative estimate of drug-likeness (QED) is 0.855. The monoisotopic (exact) mass is 327 g/mol. The highest BCUT2D eigenvalue weighted by molar-refractivity contribution is 5.55. The molecule has 1 fully saturated rings. The topological polar surface area (TPSA) is 39.5 Å². The lowest BCUT2D eigenvalue weighted by Crippen LogP contribution is -2.53. The van der Waals surface area contributed by atoms with E-state index in [2.05, 4.69) is 56.7 Å². The second-order valence-corrected chi connectivity index (χ2v) is 8.35. The largest absolute Gasteiger partial charge is 0.491 e. The van der Waals surface area contributed by atoms with Crippen LogP contribution in [0.4, 0.5) is 0 Å². The summed E-state index contributed by atoms with van der Waals surface area (Å²) in [6, 6.07) is 7.18. The first-order valence-electron chi connectivity index (χ1n) is 8.94. The van der Waals surface area contributed by atoms with Crippen molar-refractivity contribution in [3.05, 3.63) is 28.8 Å². The van der Waals surface area contributed by atoms with E-state index in [1.54, 1.807) is 0 Å². The van der Waals surface area contributed by atoms with Crippen LogP contribution < -0.4 is 4.74 Å². The molecule has 1 aromatic rings. The zero-order valence-electron chi connectivity index (χ0n) is 15.6. The Morgan fingerprint density at radius 1 is 1.33 bits per heavy atom. The lowest BCUT2D eigenvalue weighted by molar-refractivity contribution is 0.0571. The molecule has 0 radical (unpaired) electrons. The second kappa shape index (κ2) is 6.38. The minimum absolute atomic E-state index is 0.0174. The minimum atomic E-state index is -0.0174. The van der Waals surface area contributed by atoms with Crippen molar-refractivity contribution in [3.63, 3.8) is 0 Å². The molecule has 0 N–H and O–H groups in total. The van der Waals surface area contributed by atoms with Gasteiger partial charge >= 0.3 is 0 Å². The standard InChI is InChI=1S/C20H29N3O/c1-14(2)18-12-22(5)6-7-23(18)11-15-8-16(10-21)19-17(9-15)20(3,4)13-24-19/h8-9,14,18H,6-7,11-13H2,1-5H3/t18-/m1/s1. The van der Waals surface area contributed by atoms with E-state index in [4.69, 9.17) is 4.74 Å². The molecule has 2 aliphatic heterocycles. The molecule has 4 nitrogen and oxygen atoms in total. The van der Waals surface area contributed by atoms with E-state index in [-0.39, 0.29) is 5.41 Å². The predicted octanol–water partition coefficient (Wildman–Crippen LogP) is 3.00. The maximum atomic E-state index is 9.53. The molecule has 1 saturated heterocycles. The third kappa shape index (κ3) is 3.16. The highest BCUT2D eigenvalue weighted by atomic mass is 16.5. The van der Waals surface area contributed by atoms with Crippen LogP contribution in [0.1, 0.15) is 44.4 Å². The molecule has 3 rings (SSSR count). The van der Waals surface area contributed by atoms with Gasteiger partial charge in [-0.15, -0.1) is 0 Å². The van der Waals surface area contributed by atoms with Crippen LogP contribution in [0, 0.1) is 17.2 Å². The summed E-state index contributed by atoms with van der Waals surface area (Å²) in [4.78, 5) is 5.00. The molecule has 130 valence electrons. The van der Waals surface area contributed by atoms with Gasteiger partial charge in [0.05, 0.1) is 12.2 Å². The zero-order chi connectivity index (χ0) is 17.5. The van der Waals surface area contributed by atoms with E-state index in [1.165, 1.54) is 11.1 Å². The van der Waals surface area contributed by atoms with E-state index in [1.807, 2.05) is 6.07 Å². The number of likely N-dealkylation sites (N-methyl/N-ethyl adjacent to an activating group) is 1. The van der Waals surface area contributed by atoms with Crippen LogP contribution in [-0.2, 0) is 12.0 Å². The summed E-state index contributed by atoms with van der Waals surface area (Å²) < 4.78 is 5.81. The summed E-state index contributed by atoms with van der Waals surface area (Å²) in [7, 11) is 2.20. The molecule has 0 unspecified atom stereocenters. The number of fused-ring (bicyclic) bond motifs is 1. The molecular formula is C20H29N3O. The molecule has 2 heterocycles. The van der Waals surface area contributed by atoms with Gasteiger partial charge in [0.25, 0.3) is 0 Å². The van der Waals surface area contributed by atoms with Crippen molar-refractivity contribution in [2.45, 2.75) is 45.7 Å². The number of rotatable bonds is 3. The Kier molecular flexibility index (Phi) is 4.59. The van der Waals surface area contributed by atoms with Gasteiger partial charge in [-0.25, -0.2) is 0 Å². The van der Waals surface area contributed by atoms with Crippen LogP contribution in [0.5, 0.6) is 5.75 Å². The third-order valence-electron chi connectivity index (χ3n) is 5.47. The van der Waals surface area contributed by atoms with E-state index in [0.29, 0.717) is 24.1 Å². The molecule has 4 heteroatoms. The summed E-state index contributed by atoms with van der Waals surface area (Å²) in [5, 5.41) is 9.53. The Morgan fingerprint density at radius 3 is 2.75 bits per heavy atom. The SMILES string of the molecule is CC(C)[C@H]1CN(C)CCN1Cc1cc(C#N)c2c(c1)C(C)(C)CO2. The highest BCUT2D eigenvalue weighted by Gasteiger charge is 2.35. The van der Waals surface area contributed by atoms with Crippen LogP contribution >= 0.6 is 0 Å². The van der Waals surface area contributed by atoms with Crippen molar-refractivity contribution in [1.29, 1.82) is 5.26 Å². The average molecular weight is 327 g/mol. The molecule has 0 bridgehead atoms. The van der Waals surface area contributed by atoms with Crippen molar-refractivity contribution in [2.24, 2.45) is 5.92 Å². The molecule has 1 atom stereocenters. The number of ether oxygens (including phenoxy) is 1. The molecule has 0 aliphatic carbocycles. The van der Waals surface area contributed by atoms with Crippen LogP contribution in [0.3, 0.4) is 0 Å². The Balaban J connectivity index is 1.89. The van der Waals surface area contributed by atoms with Crippen LogP contribution in [-0.4, -0.2) is 49.1 Å². The molecule has 0 amide bonds. The fraction of sp³-hybridized carbons (Fsp3) is 0.650. The fourth-order valence-electron chi connectivity index (χ4n) is 3.91. The van der Waals surface area contributed by atoms with Gasteiger partial charge in [-0.1, -0.05) is 33.8 Å². The molecule has 0 aromatic heterocycles. The highest BCUT2D eigenvalue weighted by Crippen LogP contribution is 2.41. The van der Waals surface area contributed by atoms with E-state index in [9.17, 15) is 5.26 Å². The lowest BCUT2D eigenvalue weighted by Gasteiger charge is -2.42. The molecule has 0 saturated carbocycles. The zero-order valence-corrected chi connectivity index (χ0v) is 15.6. The fourth-order valence-corrected chi connectivity index (χ4v) is 3.91. The maximum absolute atomic E-state index is 9.53. The van der Waals surface area contributed by atoms with Crippen molar-refractivity contribution in [3.8, 4) is 11.8 Å². The van der Waals surface area contributed by atoms with E-state index in [0.717, 1.165) is 31.9 Å². The van der Waals surface area contributed by atoms with Crippen molar-refractivity contribution in [1.82, 2.24) is 9.80 Å². The number of nitriles is 1. The molecule has 1 aromatic carbocycles. The van der Waals surface area contributed by atoms with Crippen LogP contribution in [0.25, 0.3) is 0 Å². The van der Waals surface area contributed by atoms with Crippen molar-refractivity contribution < 1.29 is 4.74 Å². The molecule has 0 spiro atoms. The van der Waals surface area contributed by atoms with Crippen molar-refractivity contribution >= 4 is 0 Å². The summed E-state index contributed by atoms with van der Waals surface area (Å²) in [5.74, 6) is 1.42. The number of nitrogens with zero attached hydrogens (tertiary/aromatic N) is 3. The number of hydrogen-bond donors (Lipinski definition) is 0. The first kappa shape index (κ1) is 17.3. The minimum Gasteiger partial charge on any atom is -0.491 e. The van der Waals surface area contributed by atoms with E-state index < -0.39 is 0 Å². The van der Waals surface area contributed by atoms with Gasteiger partial charge in [-0.2, -0.15) is 5.26 Å². The Hall–Kier alpha value is -1.57. The normalized spacial score (nSPS) is 23.8. The lowest BCUT2D eigenvalue weighted by atomic mass is 9.85. The predicted molar refractivity (Wildman–Crippen MR) is 96.2 cm³/mol. The van der Waals surface area contributed by atoms with Gasteiger partial charge in [0.1, 0.15) is 11.8 Å². The van der Waals surface area contributed by atoms with Gasteiger partial charge in [0, 0.05) is 43.2 Å². The summed E-state index contributed by atoms with van der Waals surface area (Å²) >= 11 is 0. The second-order valence-electron chi connectivity index (χ2n) is 8.35. The Morgan fingerprint density at radius 2 is 2.08 bits per heavy atom. The molecule has 2 aliphatic rings. The number of benzene rings is 1. The van der Waals surface area contributed by atoms with Gasteiger partial charge in [-0.3, -0.25) is 4.90 Å². The summed E-state index contributed by atoms with van der Waals surface area (Å²) in [5.41, 5.74) is 3.09. The van der Waals surface area contributed by atoms with Crippen LogP contribution in [0.15, 0.2) is 12.1 Å². The summed E-state index contributed by atoms with van der Waals surface area (Å²) in [6.07, 6.45) is 0. The third-order valence-corrected chi connectivity index (χ3v) is 5.47. The Labute approximate surface area is 146 Å². The van der Waals surface area contributed by atoms with Crippen LogP contribution in [0.2, 0.25) is 0 Å². The van der Waals surface area contributed by atoms with Gasteiger partial charge in [-0.05, 0) is 24.6 Å². The Bertz CT molecular complexity index is 660. The smallest absolute Gasteiger partial charge is 0.140 e. The maximum Gasteiger partial charge on any atom is 0.140 e. The van der Waals surface area contributed by atoms with Gasteiger partial charge in [0.15, 0.2) is 0 Å². The molecular weight excluding hydrogens is 298 g/mol. The molecule has 24 heavy (non-hydrogen) atoms. The van der Waals surface area contributed by atoms with Crippen molar-refractivity contribution in [2.75, 3.05) is 33.3 Å². The van der Waals surface area contributed by atoms with E-state index >= 15 is 0 Å². The summed E-state index contributed by atoms with van der Waals surface area (Å²) in [6.45, 7) is 13.9. The van der Waals surface area contributed by atoms with Gasteiger partial charge in [0.2, 0.25) is 0 Å². The first-order chi connectivity index (χ1) is 11.3. The average Bonchev–Trinajstić information content (AvgIpc) is 2.84.